The van der Waals surface area contributed by atoms with Crippen LogP contribution < -0.4 is 11.5 Å². The van der Waals surface area contributed by atoms with Crippen LogP contribution >= 0.6 is 11.5 Å². The highest BCUT2D eigenvalue weighted by atomic mass is 32.1. The standard InChI is InChI=1S/C7H8N2O.C4H4N2O2S/c8-6-3-1-5(2-4-6)7(9)10;1-2-3(4(7)8)9-6-5-2/h1-4H,8H2,(H2,9,10);1H3,(H,7,8). The van der Waals surface area contributed by atoms with Crippen molar-refractivity contribution in [2.75, 3.05) is 5.73 Å². The van der Waals surface area contributed by atoms with E-state index in [2.05, 4.69) is 9.59 Å². The van der Waals surface area contributed by atoms with Crippen molar-refractivity contribution in [3.05, 3.63) is 40.4 Å². The molecule has 8 heteroatoms. The number of hydrogen-bond acceptors (Lipinski definition) is 6. The summed E-state index contributed by atoms with van der Waals surface area (Å²) in [6.07, 6.45) is 0. The first-order valence-electron chi connectivity index (χ1n) is 5.09. The van der Waals surface area contributed by atoms with Crippen molar-refractivity contribution in [3.63, 3.8) is 0 Å². The highest BCUT2D eigenvalue weighted by Gasteiger charge is 2.09. The summed E-state index contributed by atoms with van der Waals surface area (Å²) in [6, 6.07) is 6.47. The molecule has 0 radical (unpaired) electrons. The summed E-state index contributed by atoms with van der Waals surface area (Å²) < 4.78 is 3.45. The number of nitrogens with zero attached hydrogens (tertiary/aromatic N) is 2. The molecule has 0 saturated carbocycles. The Hall–Kier alpha value is -2.48. The lowest BCUT2D eigenvalue weighted by Gasteiger charge is -1.93. The van der Waals surface area contributed by atoms with Crippen molar-refractivity contribution < 1.29 is 14.7 Å². The van der Waals surface area contributed by atoms with Gasteiger partial charge in [0.05, 0.1) is 5.69 Å². The smallest absolute Gasteiger partial charge is 0.349 e. The summed E-state index contributed by atoms with van der Waals surface area (Å²) in [5, 5.41) is 11.9. The number of rotatable bonds is 2. The molecule has 1 heterocycles. The maximum Gasteiger partial charge on any atom is 0.349 e. The molecule has 0 aliphatic heterocycles. The lowest BCUT2D eigenvalue weighted by atomic mass is 10.2. The van der Waals surface area contributed by atoms with Crippen LogP contribution in [0.5, 0.6) is 0 Å². The molecule has 7 nitrogen and oxygen atoms in total. The Labute approximate surface area is 113 Å². The number of carbonyl (C=O) groups is 2. The SMILES string of the molecule is Cc1nnsc1C(=O)O.NC(=O)c1ccc(N)cc1. The van der Waals surface area contributed by atoms with Crippen LogP contribution in [0.2, 0.25) is 0 Å². The van der Waals surface area contributed by atoms with Crippen molar-refractivity contribution in [1.29, 1.82) is 0 Å². The molecule has 0 atom stereocenters. The monoisotopic (exact) mass is 280 g/mol. The van der Waals surface area contributed by atoms with E-state index in [-0.39, 0.29) is 4.88 Å². The first-order valence-corrected chi connectivity index (χ1v) is 5.86. The third-order valence-electron chi connectivity index (χ3n) is 2.04. The van der Waals surface area contributed by atoms with Crippen LogP contribution in [0.25, 0.3) is 0 Å². The molecule has 2 aromatic rings. The molecule has 1 aromatic carbocycles. The van der Waals surface area contributed by atoms with Gasteiger partial charge in [0.15, 0.2) is 4.88 Å². The van der Waals surface area contributed by atoms with E-state index in [1.807, 2.05) is 0 Å². The molecule has 0 bridgehead atoms. The van der Waals surface area contributed by atoms with Crippen molar-refractivity contribution in [2.24, 2.45) is 5.73 Å². The number of aromatic carboxylic acids is 1. The average Bonchev–Trinajstić information content (AvgIpc) is 2.77. The number of primary amides is 1. The molecule has 0 unspecified atom stereocenters. The largest absolute Gasteiger partial charge is 0.477 e. The minimum absolute atomic E-state index is 0.218. The summed E-state index contributed by atoms with van der Waals surface area (Å²) in [5.74, 6) is -1.39. The number of carbonyl (C=O) groups excluding carboxylic acids is 1. The van der Waals surface area contributed by atoms with Gasteiger partial charge in [0.2, 0.25) is 5.91 Å². The molecule has 2 rings (SSSR count). The Morgan fingerprint density at radius 1 is 1.26 bits per heavy atom. The predicted octanol–water partition coefficient (Wildman–Crippen LogP) is 0.912. The summed E-state index contributed by atoms with van der Waals surface area (Å²) in [5.41, 5.74) is 11.9. The molecule has 1 aromatic heterocycles. The number of carboxylic acid groups (broad SMARTS) is 1. The summed E-state index contributed by atoms with van der Waals surface area (Å²) in [6.45, 7) is 1.62. The number of aryl methyl sites for hydroxylation is 1. The Bertz CT molecular complexity index is 580. The number of benzene rings is 1. The first-order chi connectivity index (χ1) is 8.91. The van der Waals surface area contributed by atoms with E-state index in [4.69, 9.17) is 16.6 Å². The van der Waals surface area contributed by atoms with Gasteiger partial charge < -0.3 is 16.6 Å². The minimum Gasteiger partial charge on any atom is -0.477 e. The fourth-order valence-electron chi connectivity index (χ4n) is 1.08. The van der Waals surface area contributed by atoms with E-state index in [1.54, 1.807) is 31.2 Å². The summed E-state index contributed by atoms with van der Waals surface area (Å²) in [7, 11) is 0. The Morgan fingerprint density at radius 2 is 1.84 bits per heavy atom. The molecule has 0 aliphatic carbocycles. The van der Waals surface area contributed by atoms with Gasteiger partial charge in [-0.1, -0.05) is 4.49 Å². The van der Waals surface area contributed by atoms with Crippen molar-refractivity contribution in [1.82, 2.24) is 9.59 Å². The van der Waals surface area contributed by atoms with Crippen molar-refractivity contribution in [3.8, 4) is 0 Å². The molecule has 0 spiro atoms. The third kappa shape index (κ3) is 4.36. The van der Waals surface area contributed by atoms with Gasteiger partial charge in [0.1, 0.15) is 0 Å². The van der Waals surface area contributed by atoms with Gasteiger partial charge >= 0.3 is 5.97 Å². The van der Waals surface area contributed by atoms with Crippen LogP contribution in [-0.2, 0) is 0 Å². The quantitative estimate of drug-likeness (QED) is 0.700. The van der Waals surface area contributed by atoms with Gasteiger partial charge in [-0.25, -0.2) is 4.79 Å². The number of hydrogen-bond donors (Lipinski definition) is 3. The zero-order chi connectivity index (χ0) is 14.4. The second kappa shape index (κ2) is 6.45. The maximum absolute atomic E-state index is 10.5. The highest BCUT2D eigenvalue weighted by Crippen LogP contribution is 2.07. The number of amides is 1. The number of aromatic nitrogens is 2. The number of nitrogen functional groups attached to an aromatic ring is 1. The van der Waals surface area contributed by atoms with Gasteiger partial charge in [0.25, 0.3) is 0 Å². The van der Waals surface area contributed by atoms with Crippen LogP contribution in [0.4, 0.5) is 5.69 Å². The van der Waals surface area contributed by atoms with Crippen LogP contribution in [-0.4, -0.2) is 26.6 Å². The third-order valence-corrected chi connectivity index (χ3v) is 2.86. The predicted molar refractivity (Wildman–Crippen MR) is 71.0 cm³/mol. The van der Waals surface area contributed by atoms with Gasteiger partial charge in [-0.15, -0.1) is 5.10 Å². The lowest BCUT2D eigenvalue weighted by Crippen LogP contribution is -2.10. The zero-order valence-corrected chi connectivity index (χ0v) is 10.8. The van der Waals surface area contributed by atoms with Gasteiger partial charge in [-0.05, 0) is 42.7 Å². The van der Waals surface area contributed by atoms with Crippen LogP contribution in [0, 0.1) is 6.92 Å². The molecule has 100 valence electrons. The minimum atomic E-state index is -0.956. The number of carboxylic acids is 1. The van der Waals surface area contributed by atoms with Gasteiger partial charge in [0, 0.05) is 11.3 Å². The molecular weight excluding hydrogens is 268 g/mol. The second-order valence-electron chi connectivity index (χ2n) is 3.48. The normalized spacial score (nSPS) is 9.32. The zero-order valence-electron chi connectivity index (χ0n) is 10.0. The highest BCUT2D eigenvalue weighted by molar-refractivity contribution is 7.07. The first kappa shape index (κ1) is 14.6. The van der Waals surface area contributed by atoms with Crippen molar-refractivity contribution in [2.45, 2.75) is 6.92 Å². The summed E-state index contributed by atoms with van der Waals surface area (Å²) in [4.78, 5) is 20.9. The number of anilines is 1. The maximum atomic E-state index is 10.5. The molecule has 19 heavy (non-hydrogen) atoms. The van der Waals surface area contributed by atoms with E-state index in [1.165, 1.54) is 0 Å². The summed E-state index contributed by atoms with van der Waals surface area (Å²) >= 11 is 0.897. The van der Waals surface area contributed by atoms with Gasteiger partial charge in [-0.3, -0.25) is 4.79 Å². The van der Waals surface area contributed by atoms with Gasteiger partial charge in [-0.2, -0.15) is 0 Å². The Kier molecular flexibility index (Phi) is 4.95. The van der Waals surface area contributed by atoms with E-state index < -0.39 is 11.9 Å². The molecule has 1 amide bonds. The molecule has 0 saturated heterocycles. The van der Waals surface area contributed by atoms with E-state index in [0.29, 0.717) is 16.9 Å². The van der Waals surface area contributed by atoms with E-state index in [9.17, 15) is 9.59 Å². The average molecular weight is 280 g/mol. The van der Waals surface area contributed by atoms with E-state index >= 15 is 0 Å². The Morgan fingerprint density at radius 3 is 2.16 bits per heavy atom. The lowest BCUT2D eigenvalue weighted by molar-refractivity contribution is 0.0701. The topological polar surface area (TPSA) is 132 Å². The molecule has 0 aliphatic rings. The van der Waals surface area contributed by atoms with Crippen LogP contribution in [0.1, 0.15) is 25.7 Å². The second-order valence-corrected chi connectivity index (χ2v) is 4.23. The van der Waals surface area contributed by atoms with E-state index in [0.717, 1.165) is 11.5 Å². The fraction of sp³-hybridized carbons (Fsp3) is 0.0909. The molecular formula is C11H12N4O3S. The molecule has 5 N–H and O–H groups in total. The Balaban J connectivity index is 0.000000191. The van der Waals surface area contributed by atoms with Crippen LogP contribution in [0.3, 0.4) is 0 Å². The fourth-order valence-corrected chi connectivity index (χ4v) is 1.57. The van der Waals surface area contributed by atoms with Crippen LogP contribution in [0.15, 0.2) is 24.3 Å². The number of nitrogens with two attached hydrogens (primary N) is 2. The van der Waals surface area contributed by atoms with Crippen molar-refractivity contribution >= 4 is 29.1 Å². The molecule has 0 fully saturated rings.